The number of amides is 1. The number of carbonyl (C=O) groups is 1. The van der Waals surface area contributed by atoms with Crippen LogP contribution >= 0.6 is 62.5 Å². The standard InChI is InChI=1S/C32H24BrCl3N2O3S/c1-18-4-10-23(15-26(18)35)37-32-38(24-11-5-19(2)27(36)16-24)31(39)29(42-32)14-21-12-25(33)30(28(13-21)40-3)41-17-20-6-8-22(34)9-7-20/h4-16H,17H2,1-3H3/b29-14+,37-32?. The van der Waals surface area contributed by atoms with Crippen molar-refractivity contribution in [1.29, 1.82) is 0 Å². The molecule has 1 aliphatic heterocycles. The average molecular weight is 703 g/mol. The summed E-state index contributed by atoms with van der Waals surface area (Å²) in [7, 11) is 1.57. The molecule has 0 spiro atoms. The lowest BCUT2D eigenvalue weighted by atomic mass is 10.1. The van der Waals surface area contributed by atoms with Crippen LogP contribution in [0.25, 0.3) is 6.08 Å². The summed E-state index contributed by atoms with van der Waals surface area (Å²) in [6.07, 6.45) is 1.80. The van der Waals surface area contributed by atoms with Gasteiger partial charge in [-0.15, -0.1) is 0 Å². The quantitative estimate of drug-likeness (QED) is 0.180. The molecular weight excluding hydrogens is 679 g/mol. The van der Waals surface area contributed by atoms with Crippen molar-refractivity contribution in [3.05, 3.63) is 119 Å². The predicted octanol–water partition coefficient (Wildman–Crippen LogP) is 10.4. The lowest BCUT2D eigenvalue weighted by Gasteiger charge is -2.17. The number of ether oxygens (including phenoxy) is 2. The third kappa shape index (κ3) is 6.82. The van der Waals surface area contributed by atoms with Crippen molar-refractivity contribution in [2.75, 3.05) is 12.0 Å². The lowest BCUT2D eigenvalue weighted by molar-refractivity contribution is -0.113. The number of anilines is 1. The molecule has 1 amide bonds. The predicted molar refractivity (Wildman–Crippen MR) is 179 cm³/mol. The first-order chi connectivity index (χ1) is 20.1. The zero-order chi connectivity index (χ0) is 30.0. The molecule has 0 radical (unpaired) electrons. The van der Waals surface area contributed by atoms with E-state index in [0.717, 1.165) is 22.3 Å². The summed E-state index contributed by atoms with van der Waals surface area (Å²) in [4.78, 5) is 20.7. The number of carbonyl (C=O) groups excluding carboxylic acids is 1. The van der Waals surface area contributed by atoms with Gasteiger partial charge in [0.25, 0.3) is 5.91 Å². The van der Waals surface area contributed by atoms with Gasteiger partial charge in [-0.1, -0.05) is 59.1 Å². The van der Waals surface area contributed by atoms with E-state index in [2.05, 4.69) is 15.9 Å². The van der Waals surface area contributed by atoms with Crippen molar-refractivity contribution in [2.24, 2.45) is 4.99 Å². The largest absolute Gasteiger partial charge is 0.493 e. The van der Waals surface area contributed by atoms with Gasteiger partial charge < -0.3 is 9.47 Å². The Morgan fingerprint density at radius 1 is 0.929 bits per heavy atom. The number of methoxy groups -OCH3 is 1. The fourth-order valence-electron chi connectivity index (χ4n) is 4.11. The van der Waals surface area contributed by atoms with Crippen LogP contribution in [0.3, 0.4) is 0 Å². The normalized spacial score (nSPS) is 15.1. The van der Waals surface area contributed by atoms with Crippen molar-refractivity contribution in [2.45, 2.75) is 20.5 Å². The maximum Gasteiger partial charge on any atom is 0.271 e. The molecule has 214 valence electrons. The van der Waals surface area contributed by atoms with Crippen LogP contribution in [0.1, 0.15) is 22.3 Å². The van der Waals surface area contributed by atoms with Crippen molar-refractivity contribution >= 4 is 91.0 Å². The molecule has 1 heterocycles. The fourth-order valence-corrected chi connectivity index (χ4v) is 6.16. The third-order valence-electron chi connectivity index (χ3n) is 6.45. The summed E-state index contributed by atoms with van der Waals surface area (Å²) in [6, 6.07) is 22.2. The van der Waals surface area contributed by atoms with Gasteiger partial charge in [0, 0.05) is 15.1 Å². The van der Waals surface area contributed by atoms with Crippen molar-refractivity contribution in [3.63, 3.8) is 0 Å². The molecule has 4 aromatic rings. The first kappa shape index (κ1) is 30.5. The van der Waals surface area contributed by atoms with E-state index in [1.54, 1.807) is 30.2 Å². The van der Waals surface area contributed by atoms with Gasteiger partial charge in [0.2, 0.25) is 0 Å². The number of halogens is 4. The SMILES string of the molecule is COc1cc(/C=C2/SC(=Nc3ccc(C)c(Cl)c3)N(c3ccc(C)c(Cl)c3)C2=O)cc(Br)c1OCc1ccc(Cl)cc1. The highest BCUT2D eigenvalue weighted by Crippen LogP contribution is 2.41. The minimum atomic E-state index is -0.227. The molecule has 0 unspecified atom stereocenters. The highest BCUT2D eigenvalue weighted by atomic mass is 79.9. The maximum absolute atomic E-state index is 13.8. The van der Waals surface area contributed by atoms with E-state index in [-0.39, 0.29) is 5.91 Å². The Balaban J connectivity index is 1.49. The molecule has 5 rings (SSSR count). The Morgan fingerprint density at radius 2 is 1.62 bits per heavy atom. The van der Waals surface area contributed by atoms with Crippen LogP contribution in [0.5, 0.6) is 11.5 Å². The fraction of sp³-hybridized carbons (Fsp3) is 0.125. The molecule has 1 aliphatic rings. The first-order valence-corrected chi connectivity index (χ1v) is 15.5. The van der Waals surface area contributed by atoms with E-state index in [0.29, 0.717) is 59.1 Å². The van der Waals surface area contributed by atoms with Crippen LogP contribution < -0.4 is 14.4 Å². The number of hydrogen-bond donors (Lipinski definition) is 0. The average Bonchev–Trinajstić information content (AvgIpc) is 3.26. The molecule has 1 fully saturated rings. The van der Waals surface area contributed by atoms with Crippen LogP contribution in [0.15, 0.2) is 87.2 Å². The maximum atomic E-state index is 13.8. The highest BCUT2D eigenvalue weighted by Gasteiger charge is 2.35. The highest BCUT2D eigenvalue weighted by molar-refractivity contribution is 9.10. The van der Waals surface area contributed by atoms with E-state index in [9.17, 15) is 4.79 Å². The minimum absolute atomic E-state index is 0.227. The molecule has 0 bridgehead atoms. The van der Waals surface area contributed by atoms with Crippen molar-refractivity contribution in [3.8, 4) is 11.5 Å². The lowest BCUT2D eigenvalue weighted by Crippen LogP contribution is -2.28. The Bertz CT molecular complexity index is 1740. The summed E-state index contributed by atoms with van der Waals surface area (Å²) < 4.78 is 12.4. The molecule has 0 atom stereocenters. The number of nitrogens with zero attached hydrogens (tertiary/aromatic N) is 2. The molecule has 0 aliphatic carbocycles. The van der Waals surface area contributed by atoms with Gasteiger partial charge in [-0.2, -0.15) is 0 Å². The van der Waals surface area contributed by atoms with Crippen LogP contribution in [-0.4, -0.2) is 18.2 Å². The number of amidine groups is 1. The van der Waals surface area contributed by atoms with Gasteiger partial charge in [-0.05, 0) is 118 Å². The zero-order valence-electron chi connectivity index (χ0n) is 22.8. The second-order valence-electron chi connectivity index (χ2n) is 9.46. The topological polar surface area (TPSA) is 51.1 Å². The number of rotatable bonds is 7. The molecule has 1 saturated heterocycles. The first-order valence-electron chi connectivity index (χ1n) is 12.7. The van der Waals surface area contributed by atoms with Gasteiger partial charge in [0.1, 0.15) is 6.61 Å². The second kappa shape index (κ2) is 13.1. The van der Waals surface area contributed by atoms with Crippen LogP contribution in [0, 0.1) is 13.8 Å². The zero-order valence-corrected chi connectivity index (χ0v) is 27.4. The Labute approximate surface area is 272 Å². The van der Waals surface area contributed by atoms with Crippen molar-refractivity contribution in [1.82, 2.24) is 0 Å². The molecule has 42 heavy (non-hydrogen) atoms. The van der Waals surface area contributed by atoms with E-state index in [1.807, 2.05) is 74.5 Å². The molecule has 10 heteroatoms. The smallest absolute Gasteiger partial charge is 0.271 e. The monoisotopic (exact) mass is 700 g/mol. The van der Waals surface area contributed by atoms with E-state index >= 15 is 0 Å². The Kier molecular flexibility index (Phi) is 9.55. The van der Waals surface area contributed by atoms with E-state index in [1.165, 1.54) is 11.8 Å². The molecule has 4 aromatic carbocycles. The third-order valence-corrected chi connectivity index (χ3v) is 9.07. The molecule has 5 nitrogen and oxygen atoms in total. The van der Waals surface area contributed by atoms with Gasteiger partial charge in [-0.25, -0.2) is 4.99 Å². The summed E-state index contributed by atoms with van der Waals surface area (Å²) in [5.41, 5.74) is 4.82. The second-order valence-corrected chi connectivity index (χ2v) is 12.6. The summed E-state index contributed by atoms with van der Waals surface area (Å²) in [5.74, 6) is 0.843. The number of thioether (sulfide) groups is 1. The molecule has 0 aromatic heterocycles. The molecule has 0 N–H and O–H groups in total. The number of aliphatic imine (C=N–C) groups is 1. The van der Waals surface area contributed by atoms with Gasteiger partial charge in [0.05, 0.1) is 27.9 Å². The van der Waals surface area contributed by atoms with Crippen LogP contribution in [0.4, 0.5) is 11.4 Å². The Morgan fingerprint density at radius 3 is 2.29 bits per heavy atom. The van der Waals surface area contributed by atoms with Gasteiger partial charge in [-0.3, -0.25) is 9.69 Å². The number of hydrogen-bond acceptors (Lipinski definition) is 5. The van der Waals surface area contributed by atoms with E-state index < -0.39 is 0 Å². The van der Waals surface area contributed by atoms with Gasteiger partial charge >= 0.3 is 0 Å². The summed E-state index contributed by atoms with van der Waals surface area (Å²) in [5, 5.41) is 2.31. The molecular formula is C32H24BrCl3N2O3S. The number of aryl methyl sites for hydroxylation is 2. The van der Waals surface area contributed by atoms with Crippen LogP contribution in [0.2, 0.25) is 15.1 Å². The van der Waals surface area contributed by atoms with E-state index in [4.69, 9.17) is 49.3 Å². The van der Waals surface area contributed by atoms with Crippen molar-refractivity contribution < 1.29 is 14.3 Å². The molecule has 0 saturated carbocycles. The minimum Gasteiger partial charge on any atom is -0.493 e. The Hall–Kier alpha value is -2.94. The number of benzene rings is 4. The van der Waals surface area contributed by atoms with Gasteiger partial charge in [0.15, 0.2) is 16.7 Å². The summed E-state index contributed by atoms with van der Waals surface area (Å²) >= 11 is 23.7. The summed E-state index contributed by atoms with van der Waals surface area (Å²) in [6.45, 7) is 4.17. The van der Waals surface area contributed by atoms with Crippen LogP contribution in [-0.2, 0) is 11.4 Å².